The van der Waals surface area contributed by atoms with Crippen molar-refractivity contribution in [3.8, 4) is 11.1 Å². The maximum atomic E-state index is 13.3. The zero-order valence-corrected chi connectivity index (χ0v) is 18.3. The molecule has 0 atom stereocenters. The van der Waals surface area contributed by atoms with Crippen LogP contribution in [-0.4, -0.2) is 24.1 Å². The summed E-state index contributed by atoms with van der Waals surface area (Å²) < 4.78 is 3.59. The molecule has 6 nitrogen and oxygen atoms in total. The van der Waals surface area contributed by atoms with Crippen LogP contribution < -0.4 is 5.56 Å². The number of aromatic nitrogens is 5. The fraction of sp³-hybridized carbons (Fsp3) is 0.148. The highest BCUT2D eigenvalue weighted by molar-refractivity contribution is 5.86. The summed E-state index contributed by atoms with van der Waals surface area (Å²) in [6, 6.07) is 20.4. The number of H-pyrrole nitrogens is 1. The number of aryl methyl sites for hydroxylation is 3. The average Bonchev–Trinajstić information content (AvgIpc) is 3.45. The van der Waals surface area contributed by atoms with Crippen LogP contribution in [0.2, 0.25) is 0 Å². The van der Waals surface area contributed by atoms with Crippen molar-refractivity contribution < 1.29 is 0 Å². The number of nitrogens with one attached hydrogen (secondary N) is 1. The van der Waals surface area contributed by atoms with Gasteiger partial charge in [0.25, 0.3) is 5.56 Å². The molecule has 0 saturated heterocycles. The summed E-state index contributed by atoms with van der Waals surface area (Å²) in [5.41, 5.74) is 6.93. The van der Waals surface area contributed by atoms with E-state index in [-0.39, 0.29) is 5.56 Å². The lowest BCUT2D eigenvalue weighted by atomic mass is 10.0. The Labute approximate surface area is 190 Å². The standard InChI is InChI=1S/C27H23N5O/c1-2-22-25(18-8-4-3-5-9-18)26-29-17-21-24(32(26)30-22)13-15-31(27(21)33)14-12-19-16-28-23-11-7-6-10-20(19)23/h3-11,13,15-17,28H,2,12,14H2,1H3. The second-order valence-electron chi connectivity index (χ2n) is 8.26. The van der Waals surface area contributed by atoms with Gasteiger partial charge in [0.15, 0.2) is 5.65 Å². The number of hydrogen-bond acceptors (Lipinski definition) is 3. The van der Waals surface area contributed by atoms with Crippen molar-refractivity contribution in [3.05, 3.63) is 101 Å². The fourth-order valence-electron chi connectivity index (χ4n) is 4.66. The molecule has 0 fully saturated rings. The number of rotatable bonds is 5. The van der Waals surface area contributed by atoms with Crippen molar-refractivity contribution in [1.29, 1.82) is 0 Å². The molecule has 2 aromatic carbocycles. The van der Waals surface area contributed by atoms with Crippen LogP contribution in [0.15, 0.2) is 84.0 Å². The van der Waals surface area contributed by atoms with Gasteiger partial charge in [-0.1, -0.05) is 55.5 Å². The van der Waals surface area contributed by atoms with Gasteiger partial charge in [-0.25, -0.2) is 9.50 Å². The molecule has 0 aliphatic heterocycles. The molecule has 6 rings (SSSR count). The summed E-state index contributed by atoms with van der Waals surface area (Å²) in [4.78, 5) is 21.3. The Balaban J connectivity index is 1.42. The van der Waals surface area contributed by atoms with Crippen LogP contribution in [0.1, 0.15) is 18.2 Å². The molecule has 0 aliphatic carbocycles. The van der Waals surface area contributed by atoms with Gasteiger partial charge in [-0.3, -0.25) is 4.79 Å². The Morgan fingerprint density at radius 3 is 2.64 bits per heavy atom. The Hall–Kier alpha value is -4.19. The quantitative estimate of drug-likeness (QED) is 0.416. The number of para-hydroxylation sites is 1. The van der Waals surface area contributed by atoms with Gasteiger partial charge in [-0.05, 0) is 36.1 Å². The highest BCUT2D eigenvalue weighted by Crippen LogP contribution is 2.29. The van der Waals surface area contributed by atoms with E-state index in [1.807, 2.05) is 53.3 Å². The first kappa shape index (κ1) is 19.5. The summed E-state index contributed by atoms with van der Waals surface area (Å²) in [6.07, 6.45) is 7.15. The summed E-state index contributed by atoms with van der Waals surface area (Å²) in [6.45, 7) is 2.69. The van der Waals surface area contributed by atoms with Crippen LogP contribution >= 0.6 is 0 Å². The number of fused-ring (bicyclic) bond motifs is 4. The molecule has 4 heterocycles. The molecule has 0 unspecified atom stereocenters. The highest BCUT2D eigenvalue weighted by atomic mass is 16.1. The molecular weight excluding hydrogens is 410 g/mol. The smallest absolute Gasteiger partial charge is 0.261 e. The van der Waals surface area contributed by atoms with Crippen molar-refractivity contribution in [3.63, 3.8) is 0 Å². The average molecular weight is 434 g/mol. The van der Waals surface area contributed by atoms with E-state index in [0.717, 1.165) is 46.3 Å². The normalized spacial score (nSPS) is 11.7. The molecule has 1 N–H and O–H groups in total. The predicted octanol–water partition coefficient (Wildman–Crippen LogP) is 5.00. The summed E-state index contributed by atoms with van der Waals surface area (Å²) in [7, 11) is 0. The Morgan fingerprint density at radius 2 is 1.79 bits per heavy atom. The predicted molar refractivity (Wildman–Crippen MR) is 132 cm³/mol. The lowest BCUT2D eigenvalue weighted by Gasteiger charge is -2.08. The van der Waals surface area contributed by atoms with Crippen LogP contribution in [0.3, 0.4) is 0 Å². The van der Waals surface area contributed by atoms with E-state index in [9.17, 15) is 4.79 Å². The number of nitrogens with zero attached hydrogens (tertiary/aromatic N) is 4. The molecule has 0 spiro atoms. The molecular formula is C27H23N5O. The van der Waals surface area contributed by atoms with Gasteiger partial charge in [0.2, 0.25) is 0 Å². The maximum Gasteiger partial charge on any atom is 0.261 e. The summed E-state index contributed by atoms with van der Waals surface area (Å²) in [5, 5.41) is 6.61. The lowest BCUT2D eigenvalue weighted by molar-refractivity contribution is 0.676. The Bertz CT molecular complexity index is 1670. The van der Waals surface area contributed by atoms with Gasteiger partial charge in [0.1, 0.15) is 0 Å². The highest BCUT2D eigenvalue weighted by Gasteiger charge is 2.17. The van der Waals surface area contributed by atoms with Crippen LogP contribution in [0.25, 0.3) is 38.6 Å². The van der Waals surface area contributed by atoms with Crippen molar-refractivity contribution in [1.82, 2.24) is 24.1 Å². The molecule has 0 aliphatic rings. The fourth-order valence-corrected chi connectivity index (χ4v) is 4.66. The molecule has 0 radical (unpaired) electrons. The number of aromatic amines is 1. The SMILES string of the molecule is CCc1nn2c(ncc3c(=O)n(CCc4c[nH]c5ccccc45)ccc32)c1-c1ccccc1. The molecule has 6 aromatic rings. The molecule has 33 heavy (non-hydrogen) atoms. The molecule has 0 saturated carbocycles. The first-order valence-corrected chi connectivity index (χ1v) is 11.2. The van der Waals surface area contributed by atoms with Gasteiger partial charge in [0, 0.05) is 41.6 Å². The summed E-state index contributed by atoms with van der Waals surface area (Å²) >= 11 is 0. The van der Waals surface area contributed by atoms with Gasteiger partial charge >= 0.3 is 0 Å². The lowest BCUT2D eigenvalue weighted by Crippen LogP contribution is -2.21. The Kier molecular flexibility index (Phi) is 4.57. The number of benzene rings is 2. The monoisotopic (exact) mass is 433 g/mol. The minimum atomic E-state index is -0.0449. The third kappa shape index (κ3) is 3.14. The van der Waals surface area contributed by atoms with E-state index in [1.54, 1.807) is 10.8 Å². The first-order chi connectivity index (χ1) is 16.2. The van der Waals surface area contributed by atoms with Crippen LogP contribution in [0.4, 0.5) is 0 Å². The van der Waals surface area contributed by atoms with E-state index >= 15 is 0 Å². The van der Waals surface area contributed by atoms with Gasteiger partial charge < -0.3 is 9.55 Å². The third-order valence-electron chi connectivity index (χ3n) is 6.35. The molecule has 6 heteroatoms. The van der Waals surface area contributed by atoms with E-state index in [0.29, 0.717) is 11.9 Å². The topological polar surface area (TPSA) is 68.0 Å². The van der Waals surface area contributed by atoms with Crippen LogP contribution in [0.5, 0.6) is 0 Å². The van der Waals surface area contributed by atoms with Crippen LogP contribution in [-0.2, 0) is 19.4 Å². The third-order valence-corrected chi connectivity index (χ3v) is 6.35. The largest absolute Gasteiger partial charge is 0.361 e. The molecule has 0 bridgehead atoms. The molecule has 0 amide bonds. The van der Waals surface area contributed by atoms with Crippen LogP contribution in [0, 0.1) is 0 Å². The Morgan fingerprint density at radius 1 is 0.970 bits per heavy atom. The number of pyridine rings is 1. The van der Waals surface area contributed by atoms with Crippen molar-refractivity contribution in [2.75, 3.05) is 0 Å². The van der Waals surface area contributed by atoms with Gasteiger partial charge in [-0.15, -0.1) is 0 Å². The molecule has 162 valence electrons. The first-order valence-electron chi connectivity index (χ1n) is 11.2. The van der Waals surface area contributed by atoms with E-state index in [1.165, 1.54) is 10.9 Å². The zero-order valence-electron chi connectivity index (χ0n) is 18.3. The van der Waals surface area contributed by atoms with Crippen molar-refractivity contribution in [2.45, 2.75) is 26.3 Å². The molecule has 4 aromatic heterocycles. The zero-order chi connectivity index (χ0) is 22.4. The second kappa shape index (κ2) is 7.74. The van der Waals surface area contributed by atoms with Gasteiger partial charge in [0.05, 0.1) is 16.6 Å². The van der Waals surface area contributed by atoms with E-state index in [4.69, 9.17) is 5.10 Å². The minimum absolute atomic E-state index is 0.0449. The summed E-state index contributed by atoms with van der Waals surface area (Å²) in [5.74, 6) is 0. The van der Waals surface area contributed by atoms with E-state index < -0.39 is 0 Å². The minimum Gasteiger partial charge on any atom is -0.361 e. The maximum absolute atomic E-state index is 13.3. The van der Waals surface area contributed by atoms with Crippen molar-refractivity contribution in [2.24, 2.45) is 0 Å². The van der Waals surface area contributed by atoms with E-state index in [2.05, 4.69) is 41.2 Å². The van der Waals surface area contributed by atoms with Crippen molar-refractivity contribution >= 4 is 27.5 Å². The second-order valence-corrected chi connectivity index (χ2v) is 8.26. The van der Waals surface area contributed by atoms with Gasteiger partial charge in [-0.2, -0.15) is 5.10 Å². The number of hydrogen-bond donors (Lipinski definition) is 1.